The molecule has 0 saturated carbocycles. The Morgan fingerprint density at radius 3 is 2.48 bits per heavy atom. The zero-order valence-corrected chi connectivity index (χ0v) is 17.3. The van der Waals surface area contributed by atoms with Gasteiger partial charge in [-0.2, -0.15) is 0 Å². The summed E-state index contributed by atoms with van der Waals surface area (Å²) in [4.78, 5) is 21.1. The molecule has 0 atom stereocenters. The average Bonchev–Trinajstić information content (AvgIpc) is 3.05. The standard InChI is InChI=1S/C25H29N3O/c1-19-10-11-22-23(17-19)26-20(2)25(22)24(29)18-28-15-13-27(14-16-28)12-6-9-21-7-4-3-5-8-21/h3-11,17,26H,12-16,18H2,1-2H3. The van der Waals surface area contributed by atoms with Crippen LogP contribution >= 0.6 is 0 Å². The smallest absolute Gasteiger partial charge is 0.179 e. The van der Waals surface area contributed by atoms with Gasteiger partial charge in [-0.3, -0.25) is 14.6 Å². The molecular weight excluding hydrogens is 358 g/mol. The zero-order chi connectivity index (χ0) is 20.2. The molecule has 3 aromatic rings. The van der Waals surface area contributed by atoms with Crippen molar-refractivity contribution in [1.82, 2.24) is 14.8 Å². The van der Waals surface area contributed by atoms with E-state index in [2.05, 4.69) is 76.3 Å². The van der Waals surface area contributed by atoms with E-state index in [9.17, 15) is 4.79 Å². The number of nitrogens with zero attached hydrogens (tertiary/aromatic N) is 2. The summed E-state index contributed by atoms with van der Waals surface area (Å²) < 4.78 is 0. The number of aromatic amines is 1. The molecule has 0 radical (unpaired) electrons. The highest BCUT2D eigenvalue weighted by Crippen LogP contribution is 2.24. The van der Waals surface area contributed by atoms with Crippen molar-refractivity contribution in [2.24, 2.45) is 0 Å². The number of piperazine rings is 1. The van der Waals surface area contributed by atoms with Gasteiger partial charge in [-0.15, -0.1) is 0 Å². The Kier molecular flexibility index (Phi) is 5.93. The summed E-state index contributed by atoms with van der Waals surface area (Å²) in [6.07, 6.45) is 4.41. The van der Waals surface area contributed by atoms with Gasteiger partial charge in [-0.25, -0.2) is 0 Å². The Labute approximate surface area is 172 Å². The number of nitrogens with one attached hydrogen (secondary N) is 1. The fourth-order valence-corrected chi connectivity index (χ4v) is 4.12. The predicted octanol–water partition coefficient (Wildman–Crippen LogP) is 4.30. The number of carbonyl (C=O) groups is 1. The summed E-state index contributed by atoms with van der Waals surface area (Å²) in [5.74, 6) is 0.218. The number of Topliss-reactive ketones (excluding diaryl/α,β-unsaturated/α-hetero) is 1. The lowest BCUT2D eigenvalue weighted by Gasteiger charge is -2.33. The molecule has 4 heteroatoms. The molecule has 4 rings (SSSR count). The van der Waals surface area contributed by atoms with Gasteiger partial charge >= 0.3 is 0 Å². The Balaban J connectivity index is 1.31. The van der Waals surface area contributed by atoms with Crippen LogP contribution in [-0.2, 0) is 0 Å². The van der Waals surface area contributed by atoms with Crippen LogP contribution in [-0.4, -0.2) is 59.8 Å². The molecule has 0 bridgehead atoms. The van der Waals surface area contributed by atoms with E-state index in [-0.39, 0.29) is 5.78 Å². The lowest BCUT2D eigenvalue weighted by Crippen LogP contribution is -2.47. The Hall–Kier alpha value is -2.69. The minimum atomic E-state index is 0.218. The maximum atomic E-state index is 13.0. The first-order chi connectivity index (χ1) is 14.1. The average molecular weight is 388 g/mol. The third kappa shape index (κ3) is 4.66. The molecule has 150 valence electrons. The van der Waals surface area contributed by atoms with Gasteiger partial charge in [-0.05, 0) is 31.0 Å². The number of fused-ring (bicyclic) bond motifs is 1. The van der Waals surface area contributed by atoms with Crippen molar-refractivity contribution in [3.63, 3.8) is 0 Å². The van der Waals surface area contributed by atoms with Crippen LogP contribution in [0, 0.1) is 13.8 Å². The van der Waals surface area contributed by atoms with Gasteiger partial charge in [0.05, 0.1) is 6.54 Å². The predicted molar refractivity (Wildman–Crippen MR) is 120 cm³/mol. The number of ketones is 1. The van der Waals surface area contributed by atoms with Gasteiger partial charge in [-0.1, -0.05) is 54.6 Å². The van der Waals surface area contributed by atoms with Crippen molar-refractivity contribution in [3.05, 3.63) is 77.0 Å². The van der Waals surface area contributed by atoms with Crippen molar-refractivity contribution in [2.45, 2.75) is 13.8 Å². The fourth-order valence-electron chi connectivity index (χ4n) is 4.12. The van der Waals surface area contributed by atoms with Gasteiger partial charge in [0.15, 0.2) is 5.78 Å². The first-order valence-electron chi connectivity index (χ1n) is 10.4. The number of aromatic nitrogens is 1. The van der Waals surface area contributed by atoms with E-state index < -0.39 is 0 Å². The van der Waals surface area contributed by atoms with Crippen LogP contribution in [0.1, 0.15) is 27.2 Å². The molecule has 0 spiro atoms. The molecule has 0 amide bonds. The van der Waals surface area contributed by atoms with Crippen LogP contribution in [0.4, 0.5) is 0 Å². The molecule has 1 aliphatic heterocycles. The van der Waals surface area contributed by atoms with E-state index in [0.29, 0.717) is 6.54 Å². The summed E-state index contributed by atoms with van der Waals surface area (Å²) in [6.45, 7) is 9.39. The van der Waals surface area contributed by atoms with Gasteiger partial charge in [0.25, 0.3) is 0 Å². The van der Waals surface area contributed by atoms with Crippen LogP contribution in [0.3, 0.4) is 0 Å². The van der Waals surface area contributed by atoms with E-state index in [1.54, 1.807) is 0 Å². The Morgan fingerprint density at radius 2 is 1.72 bits per heavy atom. The van der Waals surface area contributed by atoms with Gasteiger partial charge < -0.3 is 4.98 Å². The van der Waals surface area contributed by atoms with Crippen molar-refractivity contribution >= 4 is 22.8 Å². The summed E-state index contributed by atoms with van der Waals surface area (Å²) in [7, 11) is 0. The van der Waals surface area contributed by atoms with Crippen molar-refractivity contribution < 1.29 is 4.79 Å². The quantitative estimate of drug-likeness (QED) is 0.641. The number of rotatable bonds is 6. The van der Waals surface area contributed by atoms with Crippen molar-refractivity contribution in [1.29, 1.82) is 0 Å². The number of hydrogen-bond acceptors (Lipinski definition) is 3. The summed E-state index contributed by atoms with van der Waals surface area (Å²) in [5, 5.41) is 1.04. The van der Waals surface area contributed by atoms with Gasteiger partial charge in [0, 0.05) is 54.9 Å². The van der Waals surface area contributed by atoms with E-state index in [0.717, 1.165) is 54.9 Å². The van der Waals surface area contributed by atoms with Crippen molar-refractivity contribution in [2.75, 3.05) is 39.3 Å². The summed E-state index contributed by atoms with van der Waals surface area (Å²) in [5.41, 5.74) is 5.32. The molecule has 0 aliphatic carbocycles. The summed E-state index contributed by atoms with van der Waals surface area (Å²) >= 11 is 0. The highest BCUT2D eigenvalue weighted by molar-refractivity contribution is 6.10. The van der Waals surface area contributed by atoms with Crippen LogP contribution in [0.5, 0.6) is 0 Å². The number of benzene rings is 2. The largest absolute Gasteiger partial charge is 0.358 e. The van der Waals surface area contributed by atoms with Crippen LogP contribution < -0.4 is 0 Å². The molecular formula is C25H29N3O. The minimum Gasteiger partial charge on any atom is -0.358 e. The van der Waals surface area contributed by atoms with E-state index in [1.165, 1.54) is 11.1 Å². The maximum absolute atomic E-state index is 13.0. The summed E-state index contributed by atoms with van der Waals surface area (Å²) in [6, 6.07) is 16.7. The van der Waals surface area contributed by atoms with Gasteiger partial charge in [0.2, 0.25) is 0 Å². The second-order valence-electron chi connectivity index (χ2n) is 7.99. The first kappa shape index (κ1) is 19.6. The number of carbonyl (C=O) groups excluding carboxylic acids is 1. The molecule has 2 aromatic carbocycles. The lowest BCUT2D eigenvalue weighted by atomic mass is 10.0. The molecule has 2 heterocycles. The van der Waals surface area contributed by atoms with E-state index in [1.807, 2.05) is 13.0 Å². The Bertz CT molecular complexity index is 1010. The third-order valence-corrected chi connectivity index (χ3v) is 5.73. The molecule has 1 N–H and O–H groups in total. The highest BCUT2D eigenvalue weighted by atomic mass is 16.1. The molecule has 1 aliphatic rings. The maximum Gasteiger partial charge on any atom is 0.179 e. The fraction of sp³-hybridized carbons (Fsp3) is 0.320. The van der Waals surface area contributed by atoms with Crippen LogP contribution in [0.25, 0.3) is 17.0 Å². The van der Waals surface area contributed by atoms with Gasteiger partial charge in [0.1, 0.15) is 0 Å². The molecule has 0 unspecified atom stereocenters. The Morgan fingerprint density at radius 1 is 1.00 bits per heavy atom. The topological polar surface area (TPSA) is 39.3 Å². The van der Waals surface area contributed by atoms with Crippen LogP contribution in [0.2, 0.25) is 0 Å². The minimum absolute atomic E-state index is 0.218. The van der Waals surface area contributed by atoms with Crippen LogP contribution in [0.15, 0.2) is 54.6 Å². The van der Waals surface area contributed by atoms with Crippen molar-refractivity contribution in [3.8, 4) is 0 Å². The molecule has 1 saturated heterocycles. The molecule has 1 fully saturated rings. The third-order valence-electron chi connectivity index (χ3n) is 5.73. The first-order valence-corrected chi connectivity index (χ1v) is 10.4. The number of H-pyrrole nitrogens is 1. The highest BCUT2D eigenvalue weighted by Gasteiger charge is 2.22. The molecule has 29 heavy (non-hydrogen) atoms. The monoisotopic (exact) mass is 387 g/mol. The van der Waals surface area contributed by atoms with E-state index >= 15 is 0 Å². The SMILES string of the molecule is Cc1ccc2c(C(=O)CN3CCN(CC=Cc4ccccc4)CC3)c(C)[nH]c2c1. The molecule has 4 nitrogen and oxygen atoms in total. The lowest BCUT2D eigenvalue weighted by molar-refractivity contribution is 0.0866. The number of hydrogen-bond donors (Lipinski definition) is 1. The second kappa shape index (κ2) is 8.76. The van der Waals surface area contributed by atoms with E-state index in [4.69, 9.17) is 0 Å². The second-order valence-corrected chi connectivity index (χ2v) is 7.99. The zero-order valence-electron chi connectivity index (χ0n) is 17.3. The number of aryl methyl sites for hydroxylation is 2. The molecule has 1 aromatic heterocycles. The normalized spacial score (nSPS) is 16.1.